The number of aromatic nitrogens is 1. The van der Waals surface area contributed by atoms with Crippen molar-refractivity contribution < 1.29 is 9.21 Å². The molecule has 124 valence electrons. The van der Waals surface area contributed by atoms with Gasteiger partial charge in [0.2, 0.25) is 0 Å². The number of fused-ring (bicyclic) bond motifs is 1. The van der Waals surface area contributed by atoms with E-state index in [1.54, 1.807) is 28.5 Å². The van der Waals surface area contributed by atoms with E-state index >= 15 is 0 Å². The van der Waals surface area contributed by atoms with Crippen molar-refractivity contribution in [3.8, 4) is 0 Å². The van der Waals surface area contributed by atoms with Crippen LogP contribution in [0.3, 0.4) is 0 Å². The summed E-state index contributed by atoms with van der Waals surface area (Å²) < 4.78 is 5.76. The molecule has 0 radical (unpaired) electrons. The van der Waals surface area contributed by atoms with Gasteiger partial charge in [0.05, 0.1) is 12.2 Å². The zero-order chi connectivity index (χ0) is 17.1. The summed E-state index contributed by atoms with van der Waals surface area (Å²) in [5.74, 6) is 0.223. The fourth-order valence-electron chi connectivity index (χ4n) is 2.73. The average molecular weight is 348 g/mol. The number of hydrogen-bond acceptors (Lipinski definition) is 4. The minimum atomic E-state index is -0.131. The van der Waals surface area contributed by atoms with Crippen LogP contribution in [0.1, 0.15) is 21.8 Å². The average Bonchev–Trinajstić information content (AvgIpc) is 3.30. The second-order valence-electron chi connectivity index (χ2n) is 5.76. The molecule has 3 heterocycles. The minimum absolute atomic E-state index is 0.131. The first-order valence-electron chi connectivity index (χ1n) is 7.98. The standard InChI is InChI=1S/C20H16N2O2S/c23-20(19-11-16-5-1-2-7-18(16)24-19)22(12-15-8-10-25-14-15)13-17-6-3-4-9-21-17/h1-11,14H,12-13H2. The zero-order valence-corrected chi connectivity index (χ0v) is 14.3. The summed E-state index contributed by atoms with van der Waals surface area (Å²) in [6.45, 7) is 0.961. The molecule has 4 rings (SSSR count). The van der Waals surface area contributed by atoms with Crippen LogP contribution in [0, 0.1) is 0 Å². The van der Waals surface area contributed by atoms with Crippen LogP contribution < -0.4 is 0 Å². The molecule has 4 nitrogen and oxygen atoms in total. The predicted molar refractivity (Wildman–Crippen MR) is 98.3 cm³/mol. The van der Waals surface area contributed by atoms with Gasteiger partial charge in [-0.05, 0) is 46.7 Å². The highest BCUT2D eigenvalue weighted by Gasteiger charge is 2.21. The molecule has 0 atom stereocenters. The second-order valence-corrected chi connectivity index (χ2v) is 6.54. The number of benzene rings is 1. The third-order valence-corrected chi connectivity index (χ3v) is 4.69. The Bertz CT molecular complexity index is 944. The number of carbonyl (C=O) groups is 1. The van der Waals surface area contributed by atoms with Gasteiger partial charge in [-0.1, -0.05) is 24.3 Å². The maximum absolute atomic E-state index is 13.1. The molecule has 0 spiro atoms. The fraction of sp³-hybridized carbons (Fsp3) is 0.100. The molecule has 0 unspecified atom stereocenters. The molecule has 0 saturated heterocycles. The van der Waals surface area contributed by atoms with Gasteiger partial charge in [-0.3, -0.25) is 9.78 Å². The summed E-state index contributed by atoms with van der Waals surface area (Å²) >= 11 is 1.62. The smallest absolute Gasteiger partial charge is 0.290 e. The van der Waals surface area contributed by atoms with E-state index in [0.717, 1.165) is 22.2 Å². The van der Waals surface area contributed by atoms with Crippen molar-refractivity contribution in [1.82, 2.24) is 9.88 Å². The zero-order valence-electron chi connectivity index (χ0n) is 13.5. The molecule has 3 aromatic heterocycles. The van der Waals surface area contributed by atoms with Crippen LogP contribution >= 0.6 is 11.3 Å². The molecule has 5 heteroatoms. The van der Waals surface area contributed by atoms with E-state index in [2.05, 4.69) is 10.4 Å². The molecule has 0 aliphatic carbocycles. The third kappa shape index (κ3) is 3.46. The summed E-state index contributed by atoms with van der Waals surface area (Å²) in [4.78, 5) is 19.2. The van der Waals surface area contributed by atoms with Crippen molar-refractivity contribution in [2.75, 3.05) is 0 Å². The van der Waals surface area contributed by atoms with E-state index in [1.165, 1.54) is 0 Å². The summed E-state index contributed by atoms with van der Waals surface area (Å²) in [5, 5.41) is 5.00. The lowest BCUT2D eigenvalue weighted by Crippen LogP contribution is -2.30. The van der Waals surface area contributed by atoms with Crippen molar-refractivity contribution in [3.05, 3.63) is 88.6 Å². The number of carbonyl (C=O) groups excluding carboxylic acids is 1. The number of nitrogens with zero attached hydrogens (tertiary/aromatic N) is 2. The van der Waals surface area contributed by atoms with E-state index in [4.69, 9.17) is 4.42 Å². The van der Waals surface area contributed by atoms with Crippen LogP contribution in [0.25, 0.3) is 11.0 Å². The van der Waals surface area contributed by atoms with Crippen LogP contribution in [0.2, 0.25) is 0 Å². The van der Waals surface area contributed by atoms with Crippen molar-refractivity contribution in [2.45, 2.75) is 13.1 Å². The van der Waals surface area contributed by atoms with Crippen LogP contribution in [0.15, 0.2) is 76.0 Å². The van der Waals surface area contributed by atoms with E-state index in [0.29, 0.717) is 18.8 Å². The van der Waals surface area contributed by atoms with E-state index < -0.39 is 0 Å². The second kappa shape index (κ2) is 6.91. The van der Waals surface area contributed by atoms with Crippen molar-refractivity contribution >= 4 is 28.2 Å². The predicted octanol–water partition coefficient (Wildman–Crippen LogP) is 4.73. The van der Waals surface area contributed by atoms with Gasteiger partial charge in [-0.25, -0.2) is 0 Å². The first-order valence-corrected chi connectivity index (χ1v) is 8.93. The maximum Gasteiger partial charge on any atom is 0.290 e. The molecular formula is C20H16N2O2S. The number of thiophene rings is 1. The molecule has 0 saturated carbocycles. The monoisotopic (exact) mass is 348 g/mol. The number of furan rings is 1. The number of pyridine rings is 1. The van der Waals surface area contributed by atoms with E-state index in [1.807, 2.05) is 53.9 Å². The Morgan fingerprint density at radius 1 is 1.08 bits per heavy atom. The number of rotatable bonds is 5. The summed E-state index contributed by atoms with van der Waals surface area (Å²) in [6, 6.07) is 17.2. The lowest BCUT2D eigenvalue weighted by Gasteiger charge is -2.20. The molecular weight excluding hydrogens is 332 g/mol. The Balaban J connectivity index is 1.64. The number of hydrogen-bond donors (Lipinski definition) is 0. The Hall–Kier alpha value is -2.92. The highest BCUT2D eigenvalue weighted by atomic mass is 32.1. The molecule has 0 aliphatic heterocycles. The highest BCUT2D eigenvalue weighted by Crippen LogP contribution is 2.22. The number of amides is 1. The number of para-hydroxylation sites is 1. The molecule has 1 aromatic carbocycles. The molecule has 25 heavy (non-hydrogen) atoms. The third-order valence-electron chi connectivity index (χ3n) is 3.96. The van der Waals surface area contributed by atoms with Gasteiger partial charge in [0.1, 0.15) is 5.58 Å². The summed E-state index contributed by atoms with van der Waals surface area (Å²) in [6.07, 6.45) is 1.74. The van der Waals surface area contributed by atoms with E-state index in [-0.39, 0.29) is 5.91 Å². The van der Waals surface area contributed by atoms with Gasteiger partial charge < -0.3 is 9.32 Å². The van der Waals surface area contributed by atoms with Gasteiger partial charge in [0.15, 0.2) is 5.76 Å². The quantitative estimate of drug-likeness (QED) is 0.524. The normalized spacial score (nSPS) is 10.9. The Labute approximate surface area is 149 Å². The van der Waals surface area contributed by atoms with Crippen LogP contribution in [-0.4, -0.2) is 15.8 Å². The Morgan fingerprint density at radius 3 is 2.72 bits per heavy atom. The van der Waals surface area contributed by atoms with Crippen LogP contribution in [0.4, 0.5) is 0 Å². The van der Waals surface area contributed by atoms with Gasteiger partial charge in [-0.15, -0.1) is 0 Å². The van der Waals surface area contributed by atoms with Crippen molar-refractivity contribution in [2.24, 2.45) is 0 Å². The highest BCUT2D eigenvalue weighted by molar-refractivity contribution is 7.07. The first-order chi connectivity index (χ1) is 12.3. The van der Waals surface area contributed by atoms with Gasteiger partial charge in [0, 0.05) is 18.1 Å². The Morgan fingerprint density at radius 2 is 1.96 bits per heavy atom. The van der Waals surface area contributed by atoms with E-state index in [9.17, 15) is 4.79 Å². The summed E-state index contributed by atoms with van der Waals surface area (Å²) in [5.41, 5.74) is 2.67. The van der Waals surface area contributed by atoms with Crippen molar-refractivity contribution in [1.29, 1.82) is 0 Å². The molecule has 1 amide bonds. The van der Waals surface area contributed by atoms with Gasteiger partial charge >= 0.3 is 0 Å². The fourth-order valence-corrected chi connectivity index (χ4v) is 3.39. The topological polar surface area (TPSA) is 46.3 Å². The molecule has 4 aromatic rings. The SMILES string of the molecule is O=C(c1cc2ccccc2o1)N(Cc1ccsc1)Cc1ccccn1. The minimum Gasteiger partial charge on any atom is -0.451 e. The largest absolute Gasteiger partial charge is 0.451 e. The lowest BCUT2D eigenvalue weighted by atomic mass is 10.2. The maximum atomic E-state index is 13.1. The first kappa shape index (κ1) is 15.6. The van der Waals surface area contributed by atoms with Gasteiger partial charge in [-0.2, -0.15) is 11.3 Å². The Kier molecular flexibility index (Phi) is 4.31. The summed E-state index contributed by atoms with van der Waals surface area (Å²) in [7, 11) is 0. The molecule has 0 N–H and O–H groups in total. The molecule has 0 fully saturated rings. The molecule has 0 aliphatic rings. The van der Waals surface area contributed by atoms with Crippen LogP contribution in [-0.2, 0) is 13.1 Å². The van der Waals surface area contributed by atoms with Gasteiger partial charge in [0.25, 0.3) is 5.91 Å². The lowest BCUT2D eigenvalue weighted by molar-refractivity contribution is 0.0698. The molecule has 0 bridgehead atoms. The van der Waals surface area contributed by atoms with Crippen molar-refractivity contribution in [3.63, 3.8) is 0 Å². The van der Waals surface area contributed by atoms with Crippen LogP contribution in [0.5, 0.6) is 0 Å².